The maximum atomic E-state index is 12.3. The highest BCUT2D eigenvalue weighted by atomic mass is 31.2. The summed E-state index contributed by atoms with van der Waals surface area (Å²) in [5.41, 5.74) is 0. The fourth-order valence-electron chi connectivity index (χ4n) is 4.55. The van der Waals surface area contributed by atoms with Crippen molar-refractivity contribution in [2.45, 2.75) is 129 Å². The van der Waals surface area contributed by atoms with E-state index >= 15 is 0 Å². The van der Waals surface area contributed by atoms with Crippen LogP contribution in [-0.2, 0) is 28.2 Å². The zero-order valence-electron chi connectivity index (χ0n) is 32.4. The summed E-state index contributed by atoms with van der Waals surface area (Å²) in [7, 11) is -4.78. The van der Waals surface area contributed by atoms with Crippen molar-refractivity contribution in [3.8, 4) is 0 Å². The number of unbranched alkanes of at least 4 members (excludes halogenated alkanes) is 7. The van der Waals surface area contributed by atoms with Gasteiger partial charge >= 0.3 is 19.8 Å². The van der Waals surface area contributed by atoms with Crippen LogP contribution in [0.25, 0.3) is 0 Å². The van der Waals surface area contributed by atoms with Gasteiger partial charge in [0.25, 0.3) is 0 Å². The Kier molecular flexibility index (Phi) is 35.6. The number of hydrogen-bond acceptors (Lipinski definition) is 6. The van der Waals surface area contributed by atoms with Crippen molar-refractivity contribution >= 4 is 19.8 Å². The van der Waals surface area contributed by atoms with Crippen LogP contribution in [0.3, 0.4) is 0 Å². The molecule has 0 saturated heterocycles. The van der Waals surface area contributed by atoms with Gasteiger partial charge in [-0.15, -0.1) is 0 Å². The molecule has 0 amide bonds. The first kappa shape index (κ1) is 49.5. The van der Waals surface area contributed by atoms with Gasteiger partial charge in [0.05, 0.1) is 6.61 Å². The van der Waals surface area contributed by atoms with Gasteiger partial charge in [-0.3, -0.25) is 14.1 Å². The Hall–Kier alpha value is -3.55. The van der Waals surface area contributed by atoms with Crippen molar-refractivity contribution in [3.05, 3.63) is 122 Å². The molecule has 0 heterocycles. The number of allylic oxidation sites excluding steroid dienone is 20. The van der Waals surface area contributed by atoms with Gasteiger partial charge in [-0.25, -0.2) is 4.57 Å². The topological polar surface area (TPSA) is 119 Å². The van der Waals surface area contributed by atoms with Crippen LogP contribution in [0.4, 0.5) is 0 Å². The van der Waals surface area contributed by atoms with Gasteiger partial charge < -0.3 is 19.3 Å². The first-order chi connectivity index (χ1) is 25.8. The standard InChI is InChI=1S/C44H67O8P/c1-3-5-7-9-11-13-15-17-18-19-20-21-22-23-24-25-27-28-30-32-34-36-38-43(45)50-40-42(41-51-53(47,48)49)52-44(46)39-37-35-33-31-29-26-16-14-12-10-8-6-4-2/h5-8,10-14,16-18,20-21,23-24,26,29,31,33,42H,3-4,9,15,19,22,25,27-28,30,32,34-41H2,1-2H3,(H2,47,48,49)/b7-5+,8-6+,12-10+,13-11+,16-14+,18-17+,21-20+,24-23+,29-26+,33-31+. The molecule has 0 aliphatic heterocycles. The van der Waals surface area contributed by atoms with Crippen molar-refractivity contribution in [1.29, 1.82) is 0 Å². The molecular formula is C44H67O8P. The molecule has 53 heavy (non-hydrogen) atoms. The van der Waals surface area contributed by atoms with E-state index in [1.807, 2.05) is 54.7 Å². The van der Waals surface area contributed by atoms with Gasteiger partial charge in [0, 0.05) is 12.8 Å². The predicted molar refractivity (Wildman–Crippen MR) is 220 cm³/mol. The van der Waals surface area contributed by atoms with E-state index in [1.165, 1.54) is 0 Å². The van der Waals surface area contributed by atoms with Crippen LogP contribution in [0.5, 0.6) is 0 Å². The Morgan fingerprint density at radius 1 is 0.509 bits per heavy atom. The molecule has 1 unspecified atom stereocenters. The summed E-state index contributed by atoms with van der Waals surface area (Å²) in [6.45, 7) is 3.32. The summed E-state index contributed by atoms with van der Waals surface area (Å²) in [6, 6.07) is 0. The Balaban J connectivity index is 4.08. The average molecular weight is 755 g/mol. The molecule has 0 aromatic heterocycles. The maximum absolute atomic E-state index is 12.3. The number of carbonyl (C=O) groups is 2. The summed E-state index contributed by atoms with van der Waals surface area (Å²) >= 11 is 0. The quantitative estimate of drug-likeness (QED) is 0.0223. The predicted octanol–water partition coefficient (Wildman–Crippen LogP) is 11.8. The number of carbonyl (C=O) groups excluding carboxylic acids is 2. The average Bonchev–Trinajstić information content (AvgIpc) is 3.13. The molecule has 2 N–H and O–H groups in total. The highest BCUT2D eigenvalue weighted by molar-refractivity contribution is 7.46. The molecule has 1 atom stereocenters. The molecule has 0 radical (unpaired) electrons. The molecule has 0 aromatic rings. The highest BCUT2D eigenvalue weighted by Gasteiger charge is 2.22. The third-order valence-electron chi connectivity index (χ3n) is 7.35. The molecule has 0 aromatic carbocycles. The smallest absolute Gasteiger partial charge is 0.462 e. The van der Waals surface area contributed by atoms with Gasteiger partial charge in [0.15, 0.2) is 6.10 Å². The molecule has 9 heteroatoms. The SMILES string of the molecule is CC/C=C/C=C/C=C/C=C/C=C/CCCC(=O)OC(COC(=O)CCCCCCCC/C=C/C/C=C/C/C=C/C/C=C/C/C=C/CC)COP(=O)(O)O. The molecule has 0 saturated carbocycles. The summed E-state index contributed by atoms with van der Waals surface area (Å²) in [5.74, 6) is -1.00. The molecule has 0 spiro atoms. The summed E-state index contributed by atoms with van der Waals surface area (Å²) in [6.07, 6.45) is 55.0. The fraction of sp³-hybridized carbons (Fsp3) is 0.500. The highest BCUT2D eigenvalue weighted by Crippen LogP contribution is 2.35. The van der Waals surface area contributed by atoms with E-state index in [0.717, 1.165) is 77.0 Å². The number of phosphoric ester groups is 1. The van der Waals surface area contributed by atoms with Crippen molar-refractivity contribution in [3.63, 3.8) is 0 Å². The summed E-state index contributed by atoms with van der Waals surface area (Å²) in [4.78, 5) is 42.7. The molecular weight excluding hydrogens is 687 g/mol. The summed E-state index contributed by atoms with van der Waals surface area (Å²) < 4.78 is 26.2. The van der Waals surface area contributed by atoms with E-state index in [1.54, 1.807) is 0 Å². The molecule has 0 fully saturated rings. The van der Waals surface area contributed by atoms with Crippen LogP contribution in [0.2, 0.25) is 0 Å². The number of esters is 2. The second-order valence-electron chi connectivity index (χ2n) is 12.3. The maximum Gasteiger partial charge on any atom is 0.469 e. The van der Waals surface area contributed by atoms with E-state index in [4.69, 9.17) is 19.3 Å². The van der Waals surface area contributed by atoms with E-state index in [2.05, 4.69) is 85.2 Å². The molecule has 296 valence electrons. The third kappa shape index (κ3) is 41.1. The van der Waals surface area contributed by atoms with Gasteiger partial charge in [0.2, 0.25) is 0 Å². The Labute approximate surface area is 320 Å². The second-order valence-corrected chi connectivity index (χ2v) is 13.5. The van der Waals surface area contributed by atoms with Crippen molar-refractivity contribution in [2.24, 2.45) is 0 Å². The largest absolute Gasteiger partial charge is 0.469 e. The van der Waals surface area contributed by atoms with Crippen LogP contribution in [-0.4, -0.2) is 41.0 Å². The lowest BCUT2D eigenvalue weighted by Gasteiger charge is -2.18. The van der Waals surface area contributed by atoms with E-state index in [9.17, 15) is 14.2 Å². The van der Waals surface area contributed by atoms with Crippen molar-refractivity contribution < 1.29 is 37.9 Å². The lowest BCUT2D eigenvalue weighted by atomic mass is 10.1. The van der Waals surface area contributed by atoms with Gasteiger partial charge in [-0.1, -0.05) is 161 Å². The lowest BCUT2D eigenvalue weighted by Crippen LogP contribution is -2.29. The van der Waals surface area contributed by atoms with Gasteiger partial charge in [-0.2, -0.15) is 0 Å². The summed E-state index contributed by atoms with van der Waals surface area (Å²) in [5, 5.41) is 0. The van der Waals surface area contributed by atoms with Crippen LogP contribution < -0.4 is 0 Å². The normalized spacial score (nSPS) is 13.8. The van der Waals surface area contributed by atoms with Crippen LogP contribution in [0, 0.1) is 0 Å². The van der Waals surface area contributed by atoms with Crippen molar-refractivity contribution in [1.82, 2.24) is 0 Å². The van der Waals surface area contributed by atoms with E-state index in [-0.39, 0.29) is 19.4 Å². The Bertz CT molecular complexity index is 1260. The van der Waals surface area contributed by atoms with Gasteiger partial charge in [0.1, 0.15) is 6.61 Å². The van der Waals surface area contributed by atoms with Crippen LogP contribution in [0.1, 0.15) is 123 Å². The Morgan fingerprint density at radius 2 is 0.962 bits per heavy atom. The number of hydrogen-bond donors (Lipinski definition) is 2. The van der Waals surface area contributed by atoms with Gasteiger partial charge in [-0.05, 0) is 70.6 Å². The zero-order valence-corrected chi connectivity index (χ0v) is 33.2. The first-order valence-electron chi connectivity index (χ1n) is 19.4. The Morgan fingerprint density at radius 3 is 1.53 bits per heavy atom. The number of phosphoric acid groups is 1. The minimum absolute atomic E-state index is 0.104. The van der Waals surface area contributed by atoms with Crippen LogP contribution >= 0.6 is 7.82 Å². The minimum Gasteiger partial charge on any atom is -0.462 e. The van der Waals surface area contributed by atoms with E-state index < -0.39 is 32.5 Å². The van der Waals surface area contributed by atoms with Crippen LogP contribution in [0.15, 0.2) is 122 Å². The third-order valence-corrected chi connectivity index (χ3v) is 7.84. The molecule has 0 aliphatic rings. The van der Waals surface area contributed by atoms with E-state index in [0.29, 0.717) is 19.3 Å². The molecule has 0 bridgehead atoms. The van der Waals surface area contributed by atoms with Crippen molar-refractivity contribution in [2.75, 3.05) is 13.2 Å². The monoisotopic (exact) mass is 754 g/mol. The first-order valence-corrected chi connectivity index (χ1v) is 20.9. The molecule has 0 aliphatic carbocycles. The fourth-order valence-corrected chi connectivity index (χ4v) is 4.91. The number of ether oxygens (including phenoxy) is 2. The lowest BCUT2D eigenvalue weighted by molar-refractivity contribution is -0.161. The minimum atomic E-state index is -4.78. The molecule has 0 rings (SSSR count). The molecule has 8 nitrogen and oxygen atoms in total. The zero-order chi connectivity index (χ0) is 38.9. The second kappa shape index (κ2) is 38.2. The number of rotatable bonds is 33.